The Morgan fingerprint density at radius 1 is 0.973 bits per heavy atom. The number of Topliss-reactive ketones (excluding diaryl/α,β-unsaturated/α-hetero) is 1. The molecule has 2 heterocycles. The standard InChI is InChI=1S/C30H26N2O4S/c1-18(2)36-23-16-14-22(15-17-23)32-25(20-10-6-4-7-11-20)24(27(34)30(32)35)26(33)28-19(3)31-29(37-28)21-12-8-5-9-13-21/h4-18,25,34H,1-3H3. The van der Waals surface area contributed by atoms with Gasteiger partial charge in [0.05, 0.1) is 28.3 Å². The van der Waals surface area contributed by atoms with Crippen LogP contribution in [0.5, 0.6) is 5.75 Å². The Balaban J connectivity index is 1.57. The fourth-order valence-corrected chi connectivity index (χ4v) is 5.47. The Hall–Kier alpha value is -4.23. The van der Waals surface area contributed by atoms with E-state index in [-0.39, 0.29) is 11.7 Å². The molecule has 1 N–H and O–H groups in total. The van der Waals surface area contributed by atoms with Gasteiger partial charge in [-0.05, 0) is 50.6 Å². The van der Waals surface area contributed by atoms with Gasteiger partial charge in [0.1, 0.15) is 10.8 Å². The first-order chi connectivity index (χ1) is 17.8. The van der Waals surface area contributed by atoms with E-state index in [2.05, 4.69) is 4.98 Å². The summed E-state index contributed by atoms with van der Waals surface area (Å²) in [5.74, 6) is -0.904. The summed E-state index contributed by atoms with van der Waals surface area (Å²) in [5, 5.41) is 11.8. The van der Waals surface area contributed by atoms with E-state index in [1.165, 1.54) is 16.2 Å². The highest BCUT2D eigenvalue weighted by atomic mass is 32.1. The smallest absolute Gasteiger partial charge is 0.294 e. The predicted octanol–water partition coefficient (Wildman–Crippen LogP) is 6.69. The molecule has 37 heavy (non-hydrogen) atoms. The Bertz CT molecular complexity index is 1480. The highest BCUT2D eigenvalue weighted by Crippen LogP contribution is 2.43. The van der Waals surface area contributed by atoms with E-state index in [0.717, 1.165) is 11.1 Å². The monoisotopic (exact) mass is 510 g/mol. The lowest BCUT2D eigenvalue weighted by molar-refractivity contribution is -0.117. The molecular formula is C30H26N2O4S. The summed E-state index contributed by atoms with van der Waals surface area (Å²) in [6, 6.07) is 25.2. The third-order valence-electron chi connectivity index (χ3n) is 6.08. The van der Waals surface area contributed by atoms with E-state index in [0.29, 0.717) is 27.0 Å². The molecule has 0 saturated carbocycles. The summed E-state index contributed by atoms with van der Waals surface area (Å²) in [4.78, 5) is 33.9. The number of anilines is 1. The summed E-state index contributed by atoms with van der Waals surface area (Å²) in [6.07, 6.45) is 0.00898. The van der Waals surface area contributed by atoms with Crippen LogP contribution in [0.3, 0.4) is 0 Å². The number of thiazole rings is 1. The van der Waals surface area contributed by atoms with E-state index in [1.54, 1.807) is 31.2 Å². The van der Waals surface area contributed by atoms with Gasteiger partial charge in [0, 0.05) is 11.3 Å². The number of amides is 1. The summed E-state index contributed by atoms with van der Waals surface area (Å²) in [7, 11) is 0. The van der Waals surface area contributed by atoms with Crippen LogP contribution >= 0.6 is 11.3 Å². The molecule has 4 aromatic rings. The van der Waals surface area contributed by atoms with Gasteiger partial charge in [-0.3, -0.25) is 14.5 Å². The molecule has 1 aliphatic rings. The molecule has 186 valence electrons. The fraction of sp³-hybridized carbons (Fsp3) is 0.167. The number of aliphatic hydroxyl groups is 1. The van der Waals surface area contributed by atoms with E-state index in [4.69, 9.17) is 4.74 Å². The number of ether oxygens (including phenoxy) is 1. The number of aliphatic hydroxyl groups excluding tert-OH is 1. The van der Waals surface area contributed by atoms with Crippen LogP contribution in [0.1, 0.15) is 40.8 Å². The van der Waals surface area contributed by atoms with E-state index < -0.39 is 23.5 Å². The van der Waals surface area contributed by atoms with Crippen LogP contribution in [0.2, 0.25) is 0 Å². The average Bonchev–Trinajstić information content (AvgIpc) is 3.42. The van der Waals surface area contributed by atoms with Gasteiger partial charge in [0.2, 0.25) is 5.78 Å². The van der Waals surface area contributed by atoms with Crippen molar-refractivity contribution in [2.45, 2.75) is 32.9 Å². The summed E-state index contributed by atoms with van der Waals surface area (Å²) >= 11 is 1.26. The topological polar surface area (TPSA) is 79.7 Å². The van der Waals surface area contributed by atoms with Gasteiger partial charge in [-0.15, -0.1) is 11.3 Å². The largest absolute Gasteiger partial charge is 0.503 e. The van der Waals surface area contributed by atoms with Crippen molar-refractivity contribution >= 4 is 28.7 Å². The molecule has 1 atom stereocenters. The minimum absolute atomic E-state index is 0.00898. The van der Waals surface area contributed by atoms with Gasteiger partial charge < -0.3 is 9.84 Å². The van der Waals surface area contributed by atoms with Crippen LogP contribution in [0.4, 0.5) is 5.69 Å². The van der Waals surface area contributed by atoms with Crippen LogP contribution in [-0.2, 0) is 4.79 Å². The van der Waals surface area contributed by atoms with Crippen LogP contribution in [0.25, 0.3) is 10.6 Å². The van der Waals surface area contributed by atoms with Gasteiger partial charge >= 0.3 is 0 Å². The van der Waals surface area contributed by atoms with Crippen LogP contribution in [-0.4, -0.2) is 27.9 Å². The number of rotatable bonds is 7. The molecule has 0 bridgehead atoms. The van der Waals surface area contributed by atoms with Crippen molar-refractivity contribution in [3.05, 3.63) is 112 Å². The third kappa shape index (κ3) is 4.66. The highest BCUT2D eigenvalue weighted by Gasteiger charge is 2.45. The lowest BCUT2D eigenvalue weighted by atomic mass is 9.95. The molecule has 1 aliphatic heterocycles. The highest BCUT2D eigenvalue weighted by molar-refractivity contribution is 7.17. The normalized spacial score (nSPS) is 15.5. The average molecular weight is 511 g/mol. The zero-order valence-electron chi connectivity index (χ0n) is 20.7. The number of hydrogen-bond donors (Lipinski definition) is 1. The van der Waals surface area contributed by atoms with Crippen molar-refractivity contribution < 1.29 is 19.4 Å². The van der Waals surface area contributed by atoms with Crippen LogP contribution in [0, 0.1) is 6.92 Å². The maximum Gasteiger partial charge on any atom is 0.294 e. The maximum absolute atomic E-state index is 14.0. The number of aromatic nitrogens is 1. The molecule has 5 rings (SSSR count). The number of aryl methyl sites for hydroxylation is 1. The van der Waals surface area contributed by atoms with Gasteiger partial charge in [0.15, 0.2) is 5.76 Å². The Morgan fingerprint density at radius 2 is 1.59 bits per heavy atom. The molecule has 7 heteroatoms. The Labute approximate surface area is 219 Å². The van der Waals surface area contributed by atoms with Crippen molar-refractivity contribution in [3.63, 3.8) is 0 Å². The molecule has 6 nitrogen and oxygen atoms in total. The second-order valence-electron chi connectivity index (χ2n) is 9.04. The van der Waals surface area contributed by atoms with Crippen molar-refractivity contribution in [1.82, 2.24) is 4.98 Å². The van der Waals surface area contributed by atoms with Gasteiger partial charge in [-0.1, -0.05) is 60.7 Å². The fourth-order valence-electron chi connectivity index (χ4n) is 4.45. The molecule has 3 aromatic carbocycles. The molecule has 1 unspecified atom stereocenters. The summed E-state index contributed by atoms with van der Waals surface area (Å²) < 4.78 is 5.74. The molecular weight excluding hydrogens is 484 g/mol. The summed E-state index contributed by atoms with van der Waals surface area (Å²) in [6.45, 7) is 5.65. The number of carbonyl (C=O) groups excluding carboxylic acids is 2. The van der Waals surface area contributed by atoms with Crippen molar-refractivity contribution in [3.8, 4) is 16.3 Å². The second-order valence-corrected chi connectivity index (χ2v) is 10.0. The molecule has 0 saturated heterocycles. The first-order valence-electron chi connectivity index (χ1n) is 12.0. The third-order valence-corrected chi connectivity index (χ3v) is 7.28. The van der Waals surface area contributed by atoms with E-state index in [9.17, 15) is 14.7 Å². The second kappa shape index (κ2) is 10.0. The molecule has 0 fully saturated rings. The van der Waals surface area contributed by atoms with Crippen molar-refractivity contribution in [1.29, 1.82) is 0 Å². The Kier molecular flexibility index (Phi) is 6.63. The first-order valence-corrected chi connectivity index (χ1v) is 12.8. The predicted molar refractivity (Wildman–Crippen MR) is 145 cm³/mol. The van der Waals surface area contributed by atoms with Gasteiger partial charge in [-0.25, -0.2) is 4.98 Å². The lowest BCUT2D eigenvalue weighted by Crippen LogP contribution is -2.31. The Morgan fingerprint density at radius 3 is 2.22 bits per heavy atom. The van der Waals surface area contributed by atoms with Gasteiger partial charge in [0.25, 0.3) is 5.91 Å². The molecule has 1 aromatic heterocycles. The molecule has 0 radical (unpaired) electrons. The number of nitrogens with zero attached hydrogens (tertiary/aromatic N) is 2. The number of hydrogen-bond acceptors (Lipinski definition) is 6. The molecule has 1 amide bonds. The minimum Gasteiger partial charge on any atom is -0.503 e. The maximum atomic E-state index is 14.0. The number of carbonyl (C=O) groups is 2. The number of ketones is 1. The van der Waals surface area contributed by atoms with Crippen LogP contribution < -0.4 is 9.64 Å². The lowest BCUT2D eigenvalue weighted by Gasteiger charge is -2.27. The zero-order chi connectivity index (χ0) is 26.1. The van der Waals surface area contributed by atoms with E-state index in [1.807, 2.05) is 74.5 Å². The first kappa shape index (κ1) is 24.5. The molecule has 0 spiro atoms. The SMILES string of the molecule is Cc1nc(-c2ccccc2)sc1C(=O)C1=C(O)C(=O)N(c2ccc(OC(C)C)cc2)C1c1ccccc1. The van der Waals surface area contributed by atoms with Crippen LogP contribution in [0.15, 0.2) is 96.3 Å². The quantitative estimate of drug-likeness (QED) is 0.280. The van der Waals surface area contributed by atoms with Gasteiger partial charge in [-0.2, -0.15) is 0 Å². The molecule has 0 aliphatic carbocycles. The van der Waals surface area contributed by atoms with E-state index >= 15 is 0 Å². The minimum atomic E-state index is -0.792. The zero-order valence-corrected chi connectivity index (χ0v) is 21.5. The summed E-state index contributed by atoms with van der Waals surface area (Å²) in [5.41, 5.74) is 2.78. The van der Waals surface area contributed by atoms with Crippen molar-refractivity contribution in [2.24, 2.45) is 0 Å². The number of benzene rings is 3. The van der Waals surface area contributed by atoms with Crippen molar-refractivity contribution in [2.75, 3.05) is 4.90 Å².